The van der Waals surface area contributed by atoms with Gasteiger partial charge in [-0.1, -0.05) is 13.8 Å². The van der Waals surface area contributed by atoms with Crippen molar-refractivity contribution in [2.24, 2.45) is 5.73 Å². The quantitative estimate of drug-likeness (QED) is 0.742. The van der Waals surface area contributed by atoms with Crippen LogP contribution < -0.4 is 5.73 Å². The molecule has 0 aliphatic rings. The smallest absolute Gasteiger partial charge is 0.293 e. The highest BCUT2D eigenvalue weighted by atomic mass is 16.5. The molecular formula is C11H20N2O2. The average Bonchev–Trinajstić information content (AvgIpc) is 2.73. The number of nitrogens with two attached hydrogens (primary N) is 1. The number of nitrogens with one attached hydrogen (secondary N) is 1. The summed E-state index contributed by atoms with van der Waals surface area (Å²) in [5.74, 6) is 0. The molecule has 15 heavy (non-hydrogen) atoms. The molecule has 86 valence electrons. The number of aromatic amines is 1. The van der Waals surface area contributed by atoms with Crippen LogP contribution in [0.3, 0.4) is 0 Å². The molecule has 0 saturated heterocycles. The minimum absolute atomic E-state index is 0.111. The molecule has 0 bridgehead atoms. The summed E-state index contributed by atoms with van der Waals surface area (Å²) in [6.07, 6.45) is 3.92. The third kappa shape index (κ3) is 5.22. The Kier molecular flexibility index (Phi) is 6.45. The largest absolute Gasteiger partial charge is 0.468 e. The van der Waals surface area contributed by atoms with Crippen molar-refractivity contribution in [3.8, 4) is 0 Å². The Labute approximate surface area is 90.8 Å². The molecule has 0 amide bonds. The van der Waals surface area contributed by atoms with E-state index in [1.54, 1.807) is 6.92 Å². The van der Waals surface area contributed by atoms with E-state index >= 15 is 0 Å². The molecule has 0 unspecified atom stereocenters. The van der Waals surface area contributed by atoms with E-state index in [-0.39, 0.29) is 5.41 Å². The van der Waals surface area contributed by atoms with E-state index in [1.807, 2.05) is 12.4 Å². The van der Waals surface area contributed by atoms with Gasteiger partial charge in [-0.05, 0) is 18.6 Å². The highest BCUT2D eigenvalue weighted by Crippen LogP contribution is 2.20. The molecule has 1 aromatic heterocycles. The van der Waals surface area contributed by atoms with Crippen LogP contribution in [-0.2, 0) is 14.9 Å². The van der Waals surface area contributed by atoms with Crippen molar-refractivity contribution in [2.75, 3.05) is 13.2 Å². The zero-order valence-corrected chi connectivity index (χ0v) is 9.62. The molecule has 0 aliphatic heterocycles. The first-order chi connectivity index (χ1) is 7.08. The summed E-state index contributed by atoms with van der Waals surface area (Å²) in [6.45, 7) is 7.62. The first-order valence-electron chi connectivity index (χ1n) is 4.97. The van der Waals surface area contributed by atoms with Crippen LogP contribution in [0.4, 0.5) is 0 Å². The number of carbonyl (C=O) groups is 1. The van der Waals surface area contributed by atoms with Gasteiger partial charge in [0, 0.05) is 24.4 Å². The van der Waals surface area contributed by atoms with Crippen LogP contribution in [-0.4, -0.2) is 24.6 Å². The van der Waals surface area contributed by atoms with Crippen molar-refractivity contribution in [3.63, 3.8) is 0 Å². The fourth-order valence-electron chi connectivity index (χ4n) is 0.931. The summed E-state index contributed by atoms with van der Waals surface area (Å²) in [6, 6.07) is 2.06. The number of H-pyrrole nitrogens is 1. The van der Waals surface area contributed by atoms with E-state index < -0.39 is 0 Å². The maximum absolute atomic E-state index is 9.18. The molecule has 0 atom stereocenters. The van der Waals surface area contributed by atoms with Crippen molar-refractivity contribution in [2.45, 2.75) is 26.2 Å². The van der Waals surface area contributed by atoms with Crippen LogP contribution in [0.5, 0.6) is 0 Å². The van der Waals surface area contributed by atoms with Gasteiger partial charge >= 0.3 is 0 Å². The molecule has 4 nitrogen and oxygen atoms in total. The molecule has 1 aromatic rings. The zero-order chi connectivity index (χ0) is 11.7. The summed E-state index contributed by atoms with van der Waals surface area (Å²) < 4.78 is 4.15. The molecule has 1 heterocycles. The molecule has 0 saturated carbocycles. The monoisotopic (exact) mass is 212 g/mol. The van der Waals surface area contributed by atoms with Crippen molar-refractivity contribution < 1.29 is 9.53 Å². The second-order valence-electron chi connectivity index (χ2n) is 3.74. The zero-order valence-electron chi connectivity index (χ0n) is 9.62. The summed E-state index contributed by atoms with van der Waals surface area (Å²) >= 11 is 0. The van der Waals surface area contributed by atoms with Crippen LogP contribution in [0.2, 0.25) is 0 Å². The van der Waals surface area contributed by atoms with Gasteiger partial charge in [0.1, 0.15) is 0 Å². The predicted octanol–water partition coefficient (Wildman–Crippen LogP) is 1.43. The van der Waals surface area contributed by atoms with Crippen molar-refractivity contribution in [1.82, 2.24) is 4.98 Å². The standard InChI is InChI=1S/C8H14N2.C3H6O2/c1-8(2,6-9)7-3-4-10-5-7;1-2-5-3-4/h3-5,10H,6,9H2,1-2H3;3H,2H2,1H3. The molecule has 0 aliphatic carbocycles. The molecule has 0 radical (unpaired) electrons. The number of ether oxygens (including phenoxy) is 1. The summed E-state index contributed by atoms with van der Waals surface area (Å²) in [5.41, 5.74) is 6.97. The Hall–Kier alpha value is -1.29. The Morgan fingerprint density at radius 2 is 2.27 bits per heavy atom. The van der Waals surface area contributed by atoms with Crippen LogP contribution in [0.25, 0.3) is 0 Å². The summed E-state index contributed by atoms with van der Waals surface area (Å²) in [5, 5.41) is 0. The Balaban J connectivity index is 0.000000336. The van der Waals surface area contributed by atoms with Crippen LogP contribution in [0.15, 0.2) is 18.5 Å². The minimum Gasteiger partial charge on any atom is -0.468 e. The first-order valence-corrected chi connectivity index (χ1v) is 4.97. The van der Waals surface area contributed by atoms with Crippen LogP contribution in [0, 0.1) is 0 Å². The van der Waals surface area contributed by atoms with E-state index in [4.69, 9.17) is 5.73 Å². The highest BCUT2D eigenvalue weighted by Gasteiger charge is 2.17. The van der Waals surface area contributed by atoms with Gasteiger partial charge in [-0.2, -0.15) is 0 Å². The maximum atomic E-state index is 9.18. The number of carbonyl (C=O) groups excluding carboxylic acids is 1. The SMILES string of the molecule is CC(C)(CN)c1cc[nH]c1.CCOC=O. The number of hydrogen-bond donors (Lipinski definition) is 2. The lowest BCUT2D eigenvalue weighted by atomic mass is 9.87. The number of aromatic nitrogens is 1. The third-order valence-electron chi connectivity index (χ3n) is 2.12. The normalized spacial score (nSPS) is 10.1. The Morgan fingerprint density at radius 1 is 1.60 bits per heavy atom. The van der Waals surface area contributed by atoms with E-state index in [0.717, 1.165) is 0 Å². The van der Waals surface area contributed by atoms with E-state index in [2.05, 4.69) is 29.6 Å². The first kappa shape index (κ1) is 13.7. The highest BCUT2D eigenvalue weighted by molar-refractivity contribution is 5.36. The predicted molar refractivity (Wildman–Crippen MR) is 60.6 cm³/mol. The van der Waals surface area contributed by atoms with Crippen LogP contribution >= 0.6 is 0 Å². The van der Waals surface area contributed by atoms with Gasteiger partial charge in [0.05, 0.1) is 6.61 Å². The van der Waals surface area contributed by atoms with Gasteiger partial charge in [0.15, 0.2) is 0 Å². The minimum atomic E-state index is 0.111. The molecule has 0 aromatic carbocycles. The fraction of sp³-hybridized carbons (Fsp3) is 0.545. The topological polar surface area (TPSA) is 68.1 Å². The third-order valence-corrected chi connectivity index (χ3v) is 2.12. The van der Waals surface area contributed by atoms with E-state index in [1.165, 1.54) is 5.56 Å². The average molecular weight is 212 g/mol. The molecule has 1 rings (SSSR count). The van der Waals surface area contributed by atoms with Crippen molar-refractivity contribution in [1.29, 1.82) is 0 Å². The second-order valence-corrected chi connectivity index (χ2v) is 3.74. The second kappa shape index (κ2) is 7.06. The lowest BCUT2D eigenvalue weighted by molar-refractivity contribution is -0.128. The van der Waals surface area contributed by atoms with E-state index in [0.29, 0.717) is 19.6 Å². The number of hydrogen-bond acceptors (Lipinski definition) is 3. The molecular weight excluding hydrogens is 192 g/mol. The lowest BCUT2D eigenvalue weighted by Crippen LogP contribution is -2.27. The molecule has 0 fully saturated rings. The van der Waals surface area contributed by atoms with Gasteiger partial charge in [-0.15, -0.1) is 0 Å². The van der Waals surface area contributed by atoms with Crippen molar-refractivity contribution in [3.05, 3.63) is 24.0 Å². The van der Waals surface area contributed by atoms with Gasteiger partial charge < -0.3 is 15.5 Å². The molecule has 4 heteroatoms. The summed E-state index contributed by atoms with van der Waals surface area (Å²) in [4.78, 5) is 12.2. The summed E-state index contributed by atoms with van der Waals surface area (Å²) in [7, 11) is 0. The fourth-order valence-corrected chi connectivity index (χ4v) is 0.931. The van der Waals surface area contributed by atoms with Gasteiger partial charge in [0.2, 0.25) is 0 Å². The molecule has 0 spiro atoms. The van der Waals surface area contributed by atoms with Crippen molar-refractivity contribution >= 4 is 6.47 Å². The lowest BCUT2D eigenvalue weighted by Gasteiger charge is -2.20. The maximum Gasteiger partial charge on any atom is 0.293 e. The molecule has 3 N–H and O–H groups in total. The van der Waals surface area contributed by atoms with Gasteiger partial charge in [0.25, 0.3) is 6.47 Å². The van der Waals surface area contributed by atoms with Gasteiger partial charge in [-0.3, -0.25) is 4.79 Å². The van der Waals surface area contributed by atoms with Gasteiger partial charge in [-0.25, -0.2) is 0 Å². The van der Waals surface area contributed by atoms with Crippen LogP contribution in [0.1, 0.15) is 26.3 Å². The number of rotatable bonds is 4. The Bertz CT molecular complexity index is 256. The Morgan fingerprint density at radius 3 is 2.53 bits per heavy atom. The van der Waals surface area contributed by atoms with E-state index in [9.17, 15) is 4.79 Å².